The Kier molecular flexibility index (Phi) is 5.70. The molecule has 1 aromatic carbocycles. The number of hydrogen-bond acceptors (Lipinski definition) is 5. The molecule has 0 radical (unpaired) electrons. The monoisotopic (exact) mass is 294 g/mol. The average Bonchev–Trinajstić information content (AvgIpc) is 2.54. The van der Waals surface area contributed by atoms with Crippen molar-refractivity contribution in [1.82, 2.24) is 10.2 Å². The van der Waals surface area contributed by atoms with Crippen molar-refractivity contribution in [2.75, 3.05) is 47.5 Å². The zero-order valence-corrected chi connectivity index (χ0v) is 13.4. The molecule has 1 N–H and O–H groups in total. The van der Waals surface area contributed by atoms with Crippen LogP contribution in [0.2, 0.25) is 0 Å². The van der Waals surface area contributed by atoms with Crippen LogP contribution >= 0.6 is 0 Å². The summed E-state index contributed by atoms with van der Waals surface area (Å²) in [6.45, 7) is 6.62. The molecule has 0 amide bonds. The highest BCUT2D eigenvalue weighted by molar-refractivity contribution is 5.53. The van der Waals surface area contributed by atoms with Crippen LogP contribution in [-0.2, 0) is 6.42 Å². The lowest BCUT2D eigenvalue weighted by molar-refractivity contribution is 0.183. The van der Waals surface area contributed by atoms with Gasteiger partial charge in [0.2, 0.25) is 5.75 Å². The Morgan fingerprint density at radius 2 is 1.62 bits per heavy atom. The minimum atomic E-state index is 0.495. The van der Waals surface area contributed by atoms with E-state index in [0.29, 0.717) is 11.8 Å². The normalized spacial score (nSPS) is 17.3. The number of methoxy groups -OCH3 is 3. The summed E-state index contributed by atoms with van der Waals surface area (Å²) < 4.78 is 16.2. The van der Waals surface area contributed by atoms with Crippen LogP contribution < -0.4 is 19.5 Å². The van der Waals surface area contributed by atoms with Crippen molar-refractivity contribution in [3.8, 4) is 17.2 Å². The van der Waals surface area contributed by atoms with Gasteiger partial charge in [0.05, 0.1) is 21.3 Å². The van der Waals surface area contributed by atoms with E-state index in [1.165, 1.54) is 5.56 Å². The second-order valence-electron chi connectivity index (χ2n) is 5.37. The number of ether oxygens (including phenoxy) is 3. The van der Waals surface area contributed by atoms with Gasteiger partial charge in [-0.15, -0.1) is 0 Å². The molecule has 1 aromatic rings. The number of nitrogens with zero attached hydrogens (tertiary/aromatic N) is 1. The molecule has 0 aliphatic carbocycles. The highest BCUT2D eigenvalue weighted by Gasteiger charge is 2.19. The van der Waals surface area contributed by atoms with E-state index in [1.54, 1.807) is 21.3 Å². The molecule has 1 fully saturated rings. The molecule has 118 valence electrons. The van der Waals surface area contributed by atoms with Gasteiger partial charge in [0, 0.05) is 32.2 Å². The molecule has 2 rings (SSSR count). The first kappa shape index (κ1) is 15.9. The summed E-state index contributed by atoms with van der Waals surface area (Å²) in [6.07, 6.45) is 0.969. The maximum Gasteiger partial charge on any atom is 0.203 e. The van der Waals surface area contributed by atoms with Crippen LogP contribution in [0.5, 0.6) is 17.2 Å². The fourth-order valence-electron chi connectivity index (χ4n) is 2.85. The van der Waals surface area contributed by atoms with Crippen molar-refractivity contribution in [3.63, 3.8) is 0 Å². The van der Waals surface area contributed by atoms with Gasteiger partial charge in [-0.3, -0.25) is 4.90 Å². The predicted octanol–water partition coefficient (Wildman–Crippen LogP) is 1.55. The fourth-order valence-corrected chi connectivity index (χ4v) is 2.85. The van der Waals surface area contributed by atoms with Crippen molar-refractivity contribution in [2.45, 2.75) is 19.4 Å². The molecule has 5 heteroatoms. The number of rotatable bonds is 6. The number of piperazine rings is 1. The van der Waals surface area contributed by atoms with Gasteiger partial charge in [0.1, 0.15) is 0 Å². The molecular weight excluding hydrogens is 268 g/mol. The van der Waals surface area contributed by atoms with Gasteiger partial charge in [-0.1, -0.05) is 0 Å². The lowest BCUT2D eigenvalue weighted by atomic mass is 10.0. The average molecular weight is 294 g/mol. The van der Waals surface area contributed by atoms with E-state index in [0.717, 1.165) is 44.1 Å². The van der Waals surface area contributed by atoms with E-state index in [2.05, 4.69) is 17.1 Å². The highest BCUT2D eigenvalue weighted by Crippen LogP contribution is 2.38. The van der Waals surface area contributed by atoms with Crippen LogP contribution in [0.25, 0.3) is 0 Å². The Morgan fingerprint density at radius 3 is 2.10 bits per heavy atom. The van der Waals surface area contributed by atoms with Crippen LogP contribution in [0, 0.1) is 0 Å². The largest absolute Gasteiger partial charge is 0.493 e. The SMILES string of the molecule is COc1cc(CC(C)N2CCNCC2)cc(OC)c1OC. The zero-order valence-electron chi connectivity index (χ0n) is 13.4. The third-order valence-corrected chi connectivity index (χ3v) is 4.03. The Balaban J connectivity index is 2.15. The number of benzene rings is 1. The van der Waals surface area contributed by atoms with Crippen molar-refractivity contribution < 1.29 is 14.2 Å². The molecule has 0 saturated carbocycles. The van der Waals surface area contributed by atoms with Crippen LogP contribution in [-0.4, -0.2) is 58.5 Å². The van der Waals surface area contributed by atoms with Gasteiger partial charge in [-0.05, 0) is 31.0 Å². The topological polar surface area (TPSA) is 43.0 Å². The molecule has 21 heavy (non-hydrogen) atoms. The fraction of sp³-hybridized carbons (Fsp3) is 0.625. The third kappa shape index (κ3) is 3.80. The molecule has 5 nitrogen and oxygen atoms in total. The summed E-state index contributed by atoms with van der Waals surface area (Å²) in [5, 5.41) is 3.39. The number of nitrogens with one attached hydrogen (secondary N) is 1. The summed E-state index contributed by atoms with van der Waals surface area (Å²) >= 11 is 0. The Labute approximate surface area is 127 Å². The lowest BCUT2D eigenvalue weighted by Crippen LogP contribution is -2.48. The van der Waals surface area contributed by atoms with E-state index in [1.807, 2.05) is 12.1 Å². The molecule has 1 atom stereocenters. The maximum absolute atomic E-state index is 5.42. The standard InChI is InChI=1S/C16H26N2O3/c1-12(18-7-5-17-6-8-18)9-13-10-14(19-2)16(21-4)15(11-13)20-3/h10-12,17H,5-9H2,1-4H3. The second-order valence-corrected chi connectivity index (χ2v) is 5.37. The Hall–Kier alpha value is -1.46. The van der Waals surface area contributed by atoms with Gasteiger partial charge < -0.3 is 19.5 Å². The molecule has 0 bridgehead atoms. The molecule has 1 heterocycles. The first-order valence-corrected chi connectivity index (χ1v) is 7.43. The van der Waals surface area contributed by atoms with E-state index in [-0.39, 0.29) is 0 Å². The van der Waals surface area contributed by atoms with E-state index < -0.39 is 0 Å². The second kappa shape index (κ2) is 7.52. The quantitative estimate of drug-likeness (QED) is 0.862. The summed E-state index contributed by atoms with van der Waals surface area (Å²) in [5.74, 6) is 2.09. The summed E-state index contributed by atoms with van der Waals surface area (Å²) in [5.41, 5.74) is 1.20. The van der Waals surface area contributed by atoms with E-state index >= 15 is 0 Å². The first-order chi connectivity index (χ1) is 10.2. The number of hydrogen-bond donors (Lipinski definition) is 1. The van der Waals surface area contributed by atoms with Gasteiger partial charge in [-0.2, -0.15) is 0 Å². The van der Waals surface area contributed by atoms with Crippen molar-refractivity contribution in [2.24, 2.45) is 0 Å². The first-order valence-electron chi connectivity index (χ1n) is 7.43. The molecule has 1 saturated heterocycles. The smallest absolute Gasteiger partial charge is 0.203 e. The molecule has 1 aliphatic heterocycles. The highest BCUT2D eigenvalue weighted by atomic mass is 16.5. The zero-order chi connectivity index (χ0) is 15.2. The van der Waals surface area contributed by atoms with Crippen molar-refractivity contribution in [1.29, 1.82) is 0 Å². The maximum atomic E-state index is 5.42. The summed E-state index contributed by atoms with van der Waals surface area (Å²) in [7, 11) is 4.94. The summed E-state index contributed by atoms with van der Waals surface area (Å²) in [6, 6.07) is 4.58. The summed E-state index contributed by atoms with van der Waals surface area (Å²) in [4.78, 5) is 2.51. The van der Waals surface area contributed by atoms with Crippen LogP contribution in [0.1, 0.15) is 12.5 Å². The van der Waals surface area contributed by atoms with E-state index in [4.69, 9.17) is 14.2 Å². The van der Waals surface area contributed by atoms with Crippen molar-refractivity contribution >= 4 is 0 Å². The molecule has 0 aromatic heterocycles. The van der Waals surface area contributed by atoms with Crippen LogP contribution in [0.4, 0.5) is 0 Å². The lowest BCUT2D eigenvalue weighted by Gasteiger charge is -2.33. The predicted molar refractivity (Wildman–Crippen MR) is 83.7 cm³/mol. The van der Waals surface area contributed by atoms with Gasteiger partial charge >= 0.3 is 0 Å². The Morgan fingerprint density at radius 1 is 1.05 bits per heavy atom. The Bertz CT molecular complexity index is 434. The molecule has 1 aliphatic rings. The van der Waals surface area contributed by atoms with Gasteiger partial charge in [-0.25, -0.2) is 0 Å². The van der Waals surface area contributed by atoms with Crippen molar-refractivity contribution in [3.05, 3.63) is 17.7 Å². The molecule has 1 unspecified atom stereocenters. The molecule has 0 spiro atoms. The minimum Gasteiger partial charge on any atom is -0.493 e. The van der Waals surface area contributed by atoms with Crippen LogP contribution in [0.3, 0.4) is 0 Å². The van der Waals surface area contributed by atoms with E-state index in [9.17, 15) is 0 Å². The van der Waals surface area contributed by atoms with Crippen LogP contribution in [0.15, 0.2) is 12.1 Å². The minimum absolute atomic E-state index is 0.495. The van der Waals surface area contributed by atoms with Gasteiger partial charge in [0.15, 0.2) is 11.5 Å². The molecular formula is C16H26N2O3. The third-order valence-electron chi connectivity index (χ3n) is 4.03. The van der Waals surface area contributed by atoms with Gasteiger partial charge in [0.25, 0.3) is 0 Å².